The summed E-state index contributed by atoms with van der Waals surface area (Å²) in [5.41, 5.74) is 9.13. The van der Waals surface area contributed by atoms with Crippen LogP contribution >= 0.6 is 0 Å². The number of aromatic amines is 1. The molecule has 1 heterocycles. The SMILES string of the molecule is C=Cc1ccccc1.Cc1ccc(C(C)(C)C)cc1-c1[nH]c2c(ccc3ccccc32)c1C.[HH]. The van der Waals surface area contributed by atoms with E-state index in [1.165, 1.54) is 55.2 Å². The van der Waals surface area contributed by atoms with Crippen LogP contribution in [0.2, 0.25) is 0 Å². The summed E-state index contributed by atoms with van der Waals surface area (Å²) in [7, 11) is 0. The average Bonchev–Trinajstić information content (AvgIpc) is 3.16. The van der Waals surface area contributed by atoms with E-state index >= 15 is 0 Å². The molecule has 0 atom stereocenters. The van der Waals surface area contributed by atoms with Crippen molar-refractivity contribution in [2.24, 2.45) is 0 Å². The fraction of sp³-hybridized carbons (Fsp3) is 0.188. The van der Waals surface area contributed by atoms with Gasteiger partial charge in [0, 0.05) is 23.5 Å². The molecule has 4 aromatic carbocycles. The standard InChI is InChI=1S/C24H25N.C8H8.H2/c1-15-10-12-18(24(3,4)5)14-21(15)22-16(2)19-13-11-17-8-6-7-9-20(17)23(19)25-22;1-2-8-6-4-3-5-7-8;/h6-14,25H,1-5H3;2-7H,1H2;1H. The lowest BCUT2D eigenvalue weighted by molar-refractivity contribution is 0.590. The number of fused-ring (bicyclic) bond motifs is 3. The molecule has 0 amide bonds. The number of hydrogen-bond acceptors (Lipinski definition) is 0. The maximum absolute atomic E-state index is 3.74. The molecule has 1 nitrogen and oxygen atoms in total. The third kappa shape index (κ3) is 4.64. The summed E-state index contributed by atoms with van der Waals surface area (Å²) in [6.07, 6.45) is 1.83. The number of aryl methyl sites for hydroxylation is 2. The molecule has 0 radical (unpaired) electrons. The number of rotatable bonds is 2. The minimum absolute atomic E-state index is 0. The molecule has 0 aliphatic rings. The van der Waals surface area contributed by atoms with E-state index < -0.39 is 0 Å². The van der Waals surface area contributed by atoms with Crippen LogP contribution < -0.4 is 0 Å². The van der Waals surface area contributed by atoms with Crippen molar-refractivity contribution in [1.82, 2.24) is 4.98 Å². The molecule has 1 aromatic heterocycles. The third-order valence-electron chi connectivity index (χ3n) is 6.37. The van der Waals surface area contributed by atoms with Crippen LogP contribution in [0.3, 0.4) is 0 Å². The second-order valence-corrected chi connectivity index (χ2v) is 9.73. The number of benzene rings is 4. The van der Waals surface area contributed by atoms with Crippen LogP contribution in [0, 0.1) is 13.8 Å². The van der Waals surface area contributed by atoms with Crippen molar-refractivity contribution >= 4 is 27.8 Å². The lowest BCUT2D eigenvalue weighted by atomic mass is 9.84. The van der Waals surface area contributed by atoms with E-state index in [1.54, 1.807) is 0 Å². The van der Waals surface area contributed by atoms with Gasteiger partial charge in [0.25, 0.3) is 0 Å². The van der Waals surface area contributed by atoms with E-state index in [9.17, 15) is 0 Å². The zero-order valence-electron chi connectivity index (χ0n) is 20.4. The summed E-state index contributed by atoms with van der Waals surface area (Å²) in [5.74, 6) is 0. The van der Waals surface area contributed by atoms with Gasteiger partial charge in [0.15, 0.2) is 0 Å². The van der Waals surface area contributed by atoms with Crippen molar-refractivity contribution in [3.8, 4) is 11.3 Å². The highest BCUT2D eigenvalue weighted by Gasteiger charge is 2.18. The monoisotopic (exact) mass is 433 g/mol. The first-order chi connectivity index (χ1) is 15.8. The Balaban J connectivity index is 0.000000308. The summed E-state index contributed by atoms with van der Waals surface area (Å²) in [6.45, 7) is 14.9. The Morgan fingerprint density at radius 3 is 2.15 bits per heavy atom. The molecule has 0 aliphatic heterocycles. The molecular weight excluding hydrogens is 398 g/mol. The predicted molar refractivity (Wildman–Crippen MR) is 148 cm³/mol. The largest absolute Gasteiger partial charge is 0.354 e. The van der Waals surface area contributed by atoms with Crippen LogP contribution in [0.5, 0.6) is 0 Å². The summed E-state index contributed by atoms with van der Waals surface area (Å²) < 4.78 is 0. The van der Waals surface area contributed by atoms with Gasteiger partial charge in [-0.3, -0.25) is 0 Å². The van der Waals surface area contributed by atoms with Crippen LogP contribution in [-0.2, 0) is 5.41 Å². The maximum atomic E-state index is 3.74. The molecule has 1 heteroatoms. The molecule has 168 valence electrons. The molecule has 5 rings (SSSR count). The third-order valence-corrected chi connectivity index (χ3v) is 6.37. The van der Waals surface area contributed by atoms with E-state index in [0.717, 1.165) is 0 Å². The summed E-state index contributed by atoms with van der Waals surface area (Å²) in [4.78, 5) is 3.74. The first-order valence-corrected chi connectivity index (χ1v) is 11.6. The molecular formula is C32H35N. The number of aromatic nitrogens is 1. The van der Waals surface area contributed by atoms with Crippen LogP contribution in [0.4, 0.5) is 0 Å². The van der Waals surface area contributed by atoms with Gasteiger partial charge < -0.3 is 4.98 Å². The highest BCUT2D eigenvalue weighted by Crippen LogP contribution is 2.36. The van der Waals surface area contributed by atoms with Gasteiger partial charge in [-0.1, -0.05) is 112 Å². The van der Waals surface area contributed by atoms with Crippen LogP contribution in [0.25, 0.3) is 39.0 Å². The van der Waals surface area contributed by atoms with Gasteiger partial charge >= 0.3 is 0 Å². The first kappa shape index (κ1) is 22.6. The van der Waals surface area contributed by atoms with Gasteiger partial charge in [0.05, 0.1) is 5.52 Å². The Kier molecular flexibility index (Phi) is 6.24. The predicted octanol–water partition coefficient (Wildman–Crippen LogP) is 9.48. The normalized spacial score (nSPS) is 11.3. The Morgan fingerprint density at radius 1 is 0.788 bits per heavy atom. The Morgan fingerprint density at radius 2 is 1.48 bits per heavy atom. The van der Waals surface area contributed by atoms with E-state index in [1.807, 2.05) is 36.4 Å². The summed E-state index contributed by atoms with van der Waals surface area (Å²) in [6, 6.07) is 30.0. The van der Waals surface area contributed by atoms with E-state index in [2.05, 4.69) is 101 Å². The van der Waals surface area contributed by atoms with Crippen LogP contribution in [0.1, 0.15) is 44.5 Å². The van der Waals surface area contributed by atoms with E-state index in [-0.39, 0.29) is 6.84 Å². The Hall–Kier alpha value is -3.58. The van der Waals surface area contributed by atoms with Gasteiger partial charge in [0.1, 0.15) is 0 Å². The summed E-state index contributed by atoms with van der Waals surface area (Å²) in [5, 5.41) is 3.89. The Labute approximate surface area is 199 Å². The average molecular weight is 434 g/mol. The van der Waals surface area contributed by atoms with E-state index in [0.29, 0.717) is 0 Å². The van der Waals surface area contributed by atoms with Crippen molar-refractivity contribution in [3.05, 3.63) is 114 Å². The molecule has 0 unspecified atom stereocenters. The highest BCUT2D eigenvalue weighted by atomic mass is 14.7. The minimum Gasteiger partial charge on any atom is -0.354 e. The summed E-state index contributed by atoms with van der Waals surface area (Å²) >= 11 is 0. The second kappa shape index (κ2) is 9.11. The van der Waals surface area contributed by atoms with Gasteiger partial charge in [-0.25, -0.2) is 0 Å². The number of hydrogen-bond donors (Lipinski definition) is 1. The van der Waals surface area contributed by atoms with Crippen molar-refractivity contribution in [2.75, 3.05) is 0 Å². The molecule has 0 bridgehead atoms. The van der Waals surface area contributed by atoms with Crippen LogP contribution in [0.15, 0.2) is 91.5 Å². The fourth-order valence-corrected chi connectivity index (χ4v) is 4.29. The topological polar surface area (TPSA) is 15.8 Å². The maximum Gasteiger partial charge on any atom is 0.0541 e. The zero-order valence-corrected chi connectivity index (χ0v) is 20.4. The molecule has 0 aliphatic carbocycles. The molecule has 5 aromatic rings. The van der Waals surface area contributed by atoms with Gasteiger partial charge in [-0.05, 0) is 53.0 Å². The second-order valence-electron chi connectivity index (χ2n) is 9.73. The van der Waals surface area contributed by atoms with Crippen molar-refractivity contribution in [3.63, 3.8) is 0 Å². The molecule has 1 N–H and O–H groups in total. The smallest absolute Gasteiger partial charge is 0.0541 e. The van der Waals surface area contributed by atoms with Crippen LogP contribution in [-0.4, -0.2) is 4.98 Å². The molecule has 0 spiro atoms. The van der Waals surface area contributed by atoms with E-state index in [4.69, 9.17) is 0 Å². The quantitative estimate of drug-likeness (QED) is 0.285. The molecule has 33 heavy (non-hydrogen) atoms. The fourth-order valence-electron chi connectivity index (χ4n) is 4.29. The van der Waals surface area contributed by atoms with Crippen molar-refractivity contribution in [2.45, 2.75) is 40.0 Å². The van der Waals surface area contributed by atoms with Crippen molar-refractivity contribution in [1.29, 1.82) is 0 Å². The minimum atomic E-state index is 0. The molecule has 0 saturated carbocycles. The van der Waals surface area contributed by atoms with Gasteiger partial charge in [-0.15, -0.1) is 0 Å². The lowest BCUT2D eigenvalue weighted by Gasteiger charge is -2.21. The molecule has 0 fully saturated rings. The zero-order chi connectivity index (χ0) is 23.6. The highest BCUT2D eigenvalue weighted by molar-refractivity contribution is 6.08. The Bertz CT molecular complexity index is 1420. The van der Waals surface area contributed by atoms with Gasteiger partial charge in [0.2, 0.25) is 0 Å². The van der Waals surface area contributed by atoms with Crippen molar-refractivity contribution < 1.29 is 1.43 Å². The lowest BCUT2D eigenvalue weighted by Crippen LogP contribution is -2.11. The number of H-pyrrole nitrogens is 1. The first-order valence-electron chi connectivity index (χ1n) is 11.6. The number of nitrogens with one attached hydrogen (secondary N) is 1. The van der Waals surface area contributed by atoms with Gasteiger partial charge in [-0.2, -0.15) is 0 Å². The molecule has 0 saturated heterocycles.